The number of likely N-dealkylation sites (tertiary alicyclic amines) is 1. The molecule has 4 N–H and O–H groups in total. The minimum Gasteiger partial charge on any atom is -0.352 e. The van der Waals surface area contributed by atoms with Gasteiger partial charge in [0, 0.05) is 32.6 Å². The van der Waals surface area contributed by atoms with E-state index in [-0.39, 0.29) is 5.91 Å². The minimum atomic E-state index is -0.497. The quantitative estimate of drug-likeness (QED) is 0.607. The molecule has 0 bridgehead atoms. The molecule has 17 heavy (non-hydrogen) atoms. The number of nitrogens with two attached hydrogens (primary N) is 1. The third kappa shape index (κ3) is 5.04. The molecule has 1 atom stereocenters. The van der Waals surface area contributed by atoms with Gasteiger partial charge in [0.1, 0.15) is 0 Å². The van der Waals surface area contributed by atoms with Crippen molar-refractivity contribution in [1.29, 1.82) is 0 Å². The van der Waals surface area contributed by atoms with Crippen LogP contribution in [-0.4, -0.2) is 50.1 Å². The summed E-state index contributed by atoms with van der Waals surface area (Å²) >= 11 is 0. The van der Waals surface area contributed by atoms with Gasteiger partial charge in [0.05, 0.1) is 0 Å². The third-order valence-electron chi connectivity index (χ3n) is 3.03. The fraction of sp³-hybridized carbons (Fsp3) is 0.818. The Hall–Kier alpha value is -1.30. The first kappa shape index (κ1) is 13.8. The zero-order chi connectivity index (χ0) is 12.7. The van der Waals surface area contributed by atoms with Crippen molar-refractivity contribution in [3.63, 3.8) is 0 Å². The Labute approximate surface area is 102 Å². The van der Waals surface area contributed by atoms with Gasteiger partial charge in [-0.05, 0) is 25.8 Å². The molecule has 0 aromatic heterocycles. The first-order valence-corrected chi connectivity index (χ1v) is 6.09. The average molecular weight is 242 g/mol. The molecule has 1 aliphatic heterocycles. The summed E-state index contributed by atoms with van der Waals surface area (Å²) in [5.74, 6) is 0.512. The van der Waals surface area contributed by atoms with E-state index >= 15 is 0 Å². The Balaban J connectivity index is 2.32. The minimum absolute atomic E-state index is 0.183. The van der Waals surface area contributed by atoms with Crippen LogP contribution in [0.1, 0.15) is 19.3 Å². The summed E-state index contributed by atoms with van der Waals surface area (Å²) in [6, 6.07) is -0.497. The lowest BCUT2D eigenvalue weighted by atomic mass is 9.98. The van der Waals surface area contributed by atoms with E-state index in [0.29, 0.717) is 25.4 Å². The molecule has 1 unspecified atom stereocenters. The number of hydrogen-bond acceptors (Lipinski definition) is 3. The van der Waals surface area contributed by atoms with Crippen LogP contribution in [0.3, 0.4) is 0 Å². The number of nitrogens with one attached hydrogen (secondary N) is 2. The van der Waals surface area contributed by atoms with Crippen LogP contribution < -0.4 is 16.4 Å². The highest BCUT2D eigenvalue weighted by Crippen LogP contribution is 2.16. The van der Waals surface area contributed by atoms with E-state index in [1.54, 1.807) is 0 Å². The largest absolute Gasteiger partial charge is 0.352 e. The molecule has 98 valence electrons. The maximum absolute atomic E-state index is 11.8. The number of carbonyl (C=O) groups is 2. The number of piperidine rings is 1. The number of primary amides is 1. The average Bonchev–Trinajstić information content (AvgIpc) is 2.33. The third-order valence-corrected chi connectivity index (χ3v) is 3.03. The molecule has 0 radical (unpaired) electrons. The van der Waals surface area contributed by atoms with E-state index in [1.165, 1.54) is 0 Å². The van der Waals surface area contributed by atoms with Crippen LogP contribution in [0, 0.1) is 5.92 Å². The summed E-state index contributed by atoms with van der Waals surface area (Å²) < 4.78 is 0. The molecule has 1 heterocycles. The Morgan fingerprint density at radius 3 is 2.88 bits per heavy atom. The number of urea groups is 1. The number of hydrogen-bond donors (Lipinski definition) is 3. The maximum atomic E-state index is 11.8. The molecule has 0 saturated carbocycles. The Bertz CT molecular complexity index is 270. The highest BCUT2D eigenvalue weighted by Gasteiger charge is 2.23. The fourth-order valence-corrected chi connectivity index (χ4v) is 2.09. The highest BCUT2D eigenvalue weighted by atomic mass is 16.2. The predicted molar refractivity (Wildman–Crippen MR) is 65.4 cm³/mol. The van der Waals surface area contributed by atoms with Crippen molar-refractivity contribution in [3.8, 4) is 0 Å². The molecule has 1 saturated heterocycles. The van der Waals surface area contributed by atoms with Gasteiger partial charge < -0.3 is 21.3 Å². The summed E-state index contributed by atoms with van der Waals surface area (Å²) in [5.41, 5.74) is 5.03. The lowest BCUT2D eigenvalue weighted by Crippen LogP contribution is -2.45. The zero-order valence-corrected chi connectivity index (χ0v) is 10.4. The van der Waals surface area contributed by atoms with E-state index in [0.717, 1.165) is 25.9 Å². The van der Waals surface area contributed by atoms with Crippen LogP contribution in [-0.2, 0) is 4.79 Å². The van der Waals surface area contributed by atoms with Gasteiger partial charge in [-0.1, -0.05) is 0 Å². The summed E-state index contributed by atoms with van der Waals surface area (Å²) in [4.78, 5) is 24.3. The topological polar surface area (TPSA) is 87.5 Å². The van der Waals surface area contributed by atoms with Crippen molar-refractivity contribution in [2.24, 2.45) is 11.7 Å². The number of carbonyl (C=O) groups excluding carboxylic acids is 2. The first-order valence-electron chi connectivity index (χ1n) is 6.09. The molecule has 1 aliphatic rings. The Morgan fingerprint density at radius 1 is 1.47 bits per heavy atom. The van der Waals surface area contributed by atoms with Gasteiger partial charge >= 0.3 is 6.03 Å². The second-order valence-corrected chi connectivity index (χ2v) is 4.45. The number of nitrogens with zero attached hydrogens (tertiary/aromatic N) is 1. The lowest BCUT2D eigenvalue weighted by Gasteiger charge is -2.32. The normalized spacial score (nSPS) is 20.1. The van der Waals surface area contributed by atoms with E-state index < -0.39 is 6.03 Å². The monoisotopic (exact) mass is 242 g/mol. The molecule has 1 rings (SSSR count). The van der Waals surface area contributed by atoms with Crippen LogP contribution in [0.5, 0.6) is 0 Å². The predicted octanol–water partition coefficient (Wildman–Crippen LogP) is -0.497. The maximum Gasteiger partial charge on any atom is 0.312 e. The summed E-state index contributed by atoms with van der Waals surface area (Å²) in [5, 5.41) is 5.57. The molecule has 0 aromatic carbocycles. The second kappa shape index (κ2) is 7.11. The van der Waals surface area contributed by atoms with Gasteiger partial charge in [-0.3, -0.25) is 4.79 Å². The van der Waals surface area contributed by atoms with Crippen LogP contribution in [0.4, 0.5) is 4.79 Å². The lowest BCUT2D eigenvalue weighted by molar-refractivity contribution is -0.132. The van der Waals surface area contributed by atoms with Crippen LogP contribution >= 0.6 is 0 Å². The Morgan fingerprint density at radius 2 is 2.24 bits per heavy atom. The van der Waals surface area contributed by atoms with Crippen molar-refractivity contribution in [2.45, 2.75) is 19.3 Å². The van der Waals surface area contributed by atoms with Crippen LogP contribution in [0.2, 0.25) is 0 Å². The fourth-order valence-electron chi connectivity index (χ4n) is 2.09. The molecule has 0 aromatic rings. The van der Waals surface area contributed by atoms with Gasteiger partial charge in [0.2, 0.25) is 5.91 Å². The molecule has 0 aliphatic carbocycles. The van der Waals surface area contributed by atoms with Gasteiger partial charge in [-0.25, -0.2) is 4.79 Å². The van der Waals surface area contributed by atoms with Crippen molar-refractivity contribution in [3.05, 3.63) is 0 Å². The van der Waals surface area contributed by atoms with E-state index in [1.807, 2.05) is 11.9 Å². The first-order chi connectivity index (χ1) is 8.13. The summed E-state index contributed by atoms with van der Waals surface area (Å²) in [6.07, 6.45) is 2.57. The van der Waals surface area contributed by atoms with Crippen molar-refractivity contribution < 1.29 is 9.59 Å². The molecule has 3 amide bonds. The highest BCUT2D eigenvalue weighted by molar-refractivity contribution is 5.76. The molecule has 1 fully saturated rings. The Kier molecular flexibility index (Phi) is 5.76. The number of rotatable bonds is 5. The van der Waals surface area contributed by atoms with E-state index in [4.69, 9.17) is 5.73 Å². The van der Waals surface area contributed by atoms with Crippen molar-refractivity contribution in [1.82, 2.24) is 15.5 Å². The SMILES string of the molecule is CNCCC(=O)N1CCCC(CNC(N)=O)C1. The molecule has 6 nitrogen and oxygen atoms in total. The van der Waals surface area contributed by atoms with E-state index in [9.17, 15) is 9.59 Å². The summed E-state index contributed by atoms with van der Waals surface area (Å²) in [6.45, 7) is 2.82. The standard InChI is InChI=1S/C11H22N4O2/c1-13-5-4-10(16)15-6-2-3-9(8-15)7-14-11(12)17/h9,13H,2-8H2,1H3,(H3,12,14,17). The number of amides is 3. The smallest absolute Gasteiger partial charge is 0.312 e. The van der Waals surface area contributed by atoms with Gasteiger partial charge in [0.15, 0.2) is 0 Å². The van der Waals surface area contributed by atoms with E-state index in [2.05, 4.69) is 10.6 Å². The molecular weight excluding hydrogens is 220 g/mol. The molecular formula is C11H22N4O2. The molecule has 6 heteroatoms. The van der Waals surface area contributed by atoms with Gasteiger partial charge in [-0.15, -0.1) is 0 Å². The van der Waals surface area contributed by atoms with Crippen LogP contribution in [0.15, 0.2) is 0 Å². The zero-order valence-electron chi connectivity index (χ0n) is 10.4. The molecule has 0 spiro atoms. The van der Waals surface area contributed by atoms with Gasteiger partial charge in [-0.2, -0.15) is 0 Å². The second-order valence-electron chi connectivity index (χ2n) is 4.45. The van der Waals surface area contributed by atoms with Crippen molar-refractivity contribution in [2.75, 3.05) is 33.2 Å². The van der Waals surface area contributed by atoms with Crippen LogP contribution in [0.25, 0.3) is 0 Å². The summed E-state index contributed by atoms with van der Waals surface area (Å²) in [7, 11) is 1.84. The van der Waals surface area contributed by atoms with Gasteiger partial charge in [0.25, 0.3) is 0 Å². The van der Waals surface area contributed by atoms with Crippen molar-refractivity contribution >= 4 is 11.9 Å².